The molecule has 1 fully saturated rings. The van der Waals surface area contributed by atoms with Gasteiger partial charge in [0.2, 0.25) is 0 Å². The summed E-state index contributed by atoms with van der Waals surface area (Å²) in [6, 6.07) is 0.800. The first-order valence-electron chi connectivity index (χ1n) is 6.23. The van der Waals surface area contributed by atoms with Crippen molar-refractivity contribution in [3.05, 3.63) is 0 Å². The maximum atomic E-state index is 8.84. The zero-order chi connectivity index (χ0) is 10.2. The minimum absolute atomic E-state index is 0.337. The van der Waals surface area contributed by atoms with Crippen LogP contribution in [0.2, 0.25) is 0 Å². The van der Waals surface area contributed by atoms with Gasteiger partial charge in [-0.2, -0.15) is 0 Å². The Hall–Kier alpha value is -0.0800. The van der Waals surface area contributed by atoms with Crippen LogP contribution >= 0.6 is 0 Å². The van der Waals surface area contributed by atoms with Crippen molar-refractivity contribution in [2.45, 2.75) is 57.9 Å². The van der Waals surface area contributed by atoms with E-state index in [1.807, 2.05) is 0 Å². The van der Waals surface area contributed by atoms with E-state index in [4.69, 9.17) is 5.11 Å². The third-order valence-electron chi connectivity index (χ3n) is 3.35. The van der Waals surface area contributed by atoms with Crippen LogP contribution in [-0.2, 0) is 0 Å². The number of aliphatic hydroxyl groups excluding tert-OH is 1. The fourth-order valence-electron chi connectivity index (χ4n) is 2.50. The molecule has 0 aliphatic heterocycles. The SMILES string of the molecule is CCN(CCCO)C1CCCCCC1. The molecule has 0 aromatic carbocycles. The average Bonchev–Trinajstić information content (AvgIpc) is 2.48. The second-order valence-corrected chi connectivity index (χ2v) is 4.35. The molecule has 0 aromatic rings. The van der Waals surface area contributed by atoms with Crippen LogP contribution in [0.15, 0.2) is 0 Å². The van der Waals surface area contributed by atoms with E-state index in [9.17, 15) is 0 Å². The summed E-state index contributed by atoms with van der Waals surface area (Å²) >= 11 is 0. The quantitative estimate of drug-likeness (QED) is 0.687. The lowest BCUT2D eigenvalue weighted by molar-refractivity contribution is 0.167. The first kappa shape index (κ1) is 12.0. The molecule has 0 unspecified atom stereocenters. The molecule has 0 atom stereocenters. The van der Waals surface area contributed by atoms with E-state index in [1.54, 1.807) is 0 Å². The van der Waals surface area contributed by atoms with Crippen molar-refractivity contribution in [3.63, 3.8) is 0 Å². The Balaban J connectivity index is 2.32. The zero-order valence-electron chi connectivity index (χ0n) is 9.54. The normalized spacial score (nSPS) is 19.9. The van der Waals surface area contributed by atoms with E-state index in [0.717, 1.165) is 25.6 Å². The van der Waals surface area contributed by atoms with E-state index in [-0.39, 0.29) is 0 Å². The third kappa shape index (κ3) is 3.97. The Morgan fingerprint density at radius 3 is 2.29 bits per heavy atom. The molecular weight excluding hydrogens is 174 g/mol. The molecule has 0 spiro atoms. The molecule has 0 heterocycles. The Bertz CT molecular complexity index is 130. The minimum Gasteiger partial charge on any atom is -0.396 e. The lowest BCUT2D eigenvalue weighted by atomic mass is 10.1. The molecule has 84 valence electrons. The van der Waals surface area contributed by atoms with Gasteiger partial charge in [-0.1, -0.05) is 32.6 Å². The first-order chi connectivity index (χ1) is 6.88. The highest BCUT2D eigenvalue weighted by atomic mass is 16.3. The van der Waals surface area contributed by atoms with Gasteiger partial charge in [-0.25, -0.2) is 0 Å². The third-order valence-corrected chi connectivity index (χ3v) is 3.35. The van der Waals surface area contributed by atoms with E-state index in [1.165, 1.54) is 38.5 Å². The molecule has 1 aliphatic carbocycles. The van der Waals surface area contributed by atoms with Crippen LogP contribution in [0.25, 0.3) is 0 Å². The molecule has 0 amide bonds. The highest BCUT2D eigenvalue weighted by Gasteiger charge is 2.17. The molecule has 14 heavy (non-hydrogen) atoms. The van der Waals surface area contributed by atoms with Gasteiger partial charge in [-0.3, -0.25) is 0 Å². The van der Waals surface area contributed by atoms with Gasteiger partial charge >= 0.3 is 0 Å². The summed E-state index contributed by atoms with van der Waals surface area (Å²) in [7, 11) is 0. The molecular formula is C12H25NO. The number of aliphatic hydroxyl groups is 1. The van der Waals surface area contributed by atoms with Gasteiger partial charge in [0.25, 0.3) is 0 Å². The average molecular weight is 199 g/mol. The summed E-state index contributed by atoms with van der Waals surface area (Å²) in [5.74, 6) is 0. The van der Waals surface area contributed by atoms with E-state index < -0.39 is 0 Å². The van der Waals surface area contributed by atoms with Crippen molar-refractivity contribution < 1.29 is 5.11 Å². The van der Waals surface area contributed by atoms with Crippen LogP contribution in [0.1, 0.15) is 51.9 Å². The van der Waals surface area contributed by atoms with Gasteiger partial charge in [0.05, 0.1) is 0 Å². The van der Waals surface area contributed by atoms with Crippen molar-refractivity contribution >= 4 is 0 Å². The van der Waals surface area contributed by atoms with E-state index in [0.29, 0.717) is 6.61 Å². The van der Waals surface area contributed by atoms with Gasteiger partial charge in [-0.15, -0.1) is 0 Å². The summed E-state index contributed by atoms with van der Waals surface area (Å²) in [5.41, 5.74) is 0. The molecule has 1 aliphatic rings. The predicted octanol–water partition coefficient (Wildman–Crippen LogP) is 2.41. The highest BCUT2D eigenvalue weighted by molar-refractivity contribution is 4.73. The molecule has 0 radical (unpaired) electrons. The smallest absolute Gasteiger partial charge is 0.0443 e. The molecule has 0 saturated heterocycles. The second-order valence-electron chi connectivity index (χ2n) is 4.35. The molecule has 0 aromatic heterocycles. The molecule has 1 saturated carbocycles. The maximum Gasteiger partial charge on any atom is 0.0443 e. The van der Waals surface area contributed by atoms with E-state index >= 15 is 0 Å². The van der Waals surface area contributed by atoms with Crippen molar-refractivity contribution in [1.29, 1.82) is 0 Å². The largest absolute Gasteiger partial charge is 0.396 e. The number of rotatable bonds is 5. The Morgan fingerprint density at radius 1 is 1.14 bits per heavy atom. The van der Waals surface area contributed by atoms with Gasteiger partial charge in [0, 0.05) is 19.2 Å². The van der Waals surface area contributed by atoms with Gasteiger partial charge in [0.15, 0.2) is 0 Å². The Labute approximate surface area is 88.3 Å². The number of hydrogen-bond donors (Lipinski definition) is 1. The summed E-state index contributed by atoms with van der Waals surface area (Å²) in [6.45, 7) is 4.80. The van der Waals surface area contributed by atoms with Crippen molar-refractivity contribution in [2.24, 2.45) is 0 Å². The highest BCUT2D eigenvalue weighted by Crippen LogP contribution is 2.21. The number of hydrogen-bond acceptors (Lipinski definition) is 2. The summed E-state index contributed by atoms with van der Waals surface area (Å²) in [5, 5.41) is 8.84. The fourth-order valence-corrected chi connectivity index (χ4v) is 2.50. The molecule has 1 rings (SSSR count). The zero-order valence-corrected chi connectivity index (χ0v) is 9.54. The van der Waals surface area contributed by atoms with Gasteiger partial charge in [0.1, 0.15) is 0 Å². The second kappa shape index (κ2) is 7.24. The summed E-state index contributed by atoms with van der Waals surface area (Å²) < 4.78 is 0. The van der Waals surface area contributed by atoms with Crippen LogP contribution in [0.4, 0.5) is 0 Å². The van der Waals surface area contributed by atoms with Gasteiger partial charge < -0.3 is 10.0 Å². The topological polar surface area (TPSA) is 23.5 Å². The van der Waals surface area contributed by atoms with Crippen LogP contribution in [0.5, 0.6) is 0 Å². The molecule has 2 heteroatoms. The summed E-state index contributed by atoms with van der Waals surface area (Å²) in [4.78, 5) is 2.56. The van der Waals surface area contributed by atoms with Crippen molar-refractivity contribution in [2.75, 3.05) is 19.7 Å². The standard InChI is InChI=1S/C12H25NO/c1-2-13(10-7-11-14)12-8-5-3-4-6-9-12/h12,14H,2-11H2,1H3. The maximum absolute atomic E-state index is 8.84. The Kier molecular flexibility index (Phi) is 6.20. The van der Waals surface area contributed by atoms with Crippen molar-refractivity contribution in [1.82, 2.24) is 4.90 Å². The van der Waals surface area contributed by atoms with Crippen LogP contribution in [0, 0.1) is 0 Å². The van der Waals surface area contributed by atoms with Gasteiger partial charge in [-0.05, 0) is 25.8 Å². The molecule has 2 nitrogen and oxygen atoms in total. The Morgan fingerprint density at radius 2 is 1.79 bits per heavy atom. The molecule has 0 bridgehead atoms. The molecule has 1 N–H and O–H groups in total. The predicted molar refractivity (Wildman–Crippen MR) is 60.4 cm³/mol. The minimum atomic E-state index is 0.337. The summed E-state index contributed by atoms with van der Waals surface area (Å²) in [6.07, 6.45) is 9.34. The monoisotopic (exact) mass is 199 g/mol. The lowest BCUT2D eigenvalue weighted by Crippen LogP contribution is -2.35. The lowest BCUT2D eigenvalue weighted by Gasteiger charge is -2.29. The number of nitrogens with zero attached hydrogens (tertiary/aromatic N) is 1. The van der Waals surface area contributed by atoms with Crippen LogP contribution in [0.3, 0.4) is 0 Å². The van der Waals surface area contributed by atoms with E-state index in [2.05, 4.69) is 11.8 Å². The van der Waals surface area contributed by atoms with Crippen LogP contribution < -0.4 is 0 Å². The fraction of sp³-hybridized carbons (Fsp3) is 1.00. The first-order valence-corrected chi connectivity index (χ1v) is 6.23. The van der Waals surface area contributed by atoms with Crippen LogP contribution in [-0.4, -0.2) is 35.7 Å². The van der Waals surface area contributed by atoms with Crippen molar-refractivity contribution in [3.8, 4) is 0 Å².